The first kappa shape index (κ1) is 20.9. The van der Waals surface area contributed by atoms with Crippen LogP contribution in [-0.2, 0) is 33.3 Å². The summed E-state index contributed by atoms with van der Waals surface area (Å²) in [6.07, 6.45) is 1.51. The zero-order valence-electron chi connectivity index (χ0n) is 15.3. The van der Waals surface area contributed by atoms with E-state index in [2.05, 4.69) is 5.92 Å². The summed E-state index contributed by atoms with van der Waals surface area (Å²) < 4.78 is 21.9. The summed E-state index contributed by atoms with van der Waals surface area (Å²) in [5, 5.41) is 0. The van der Waals surface area contributed by atoms with Gasteiger partial charge in [0.1, 0.15) is 18.3 Å². The van der Waals surface area contributed by atoms with E-state index in [0.29, 0.717) is 0 Å². The Hall–Kier alpha value is -3.39. The van der Waals surface area contributed by atoms with Crippen LogP contribution in [0.2, 0.25) is 0 Å². The predicted octanol–water partition coefficient (Wildman–Crippen LogP) is -1.16. The van der Waals surface area contributed by atoms with Gasteiger partial charge in [-0.2, -0.15) is 0 Å². The second-order valence-corrected chi connectivity index (χ2v) is 5.87. The quantitative estimate of drug-likeness (QED) is 0.372. The van der Waals surface area contributed by atoms with Crippen molar-refractivity contribution in [3.05, 3.63) is 32.6 Å². The van der Waals surface area contributed by atoms with Gasteiger partial charge in [-0.05, 0) is 0 Å². The van der Waals surface area contributed by atoms with Crippen LogP contribution >= 0.6 is 0 Å². The first-order valence-electron chi connectivity index (χ1n) is 8.09. The summed E-state index contributed by atoms with van der Waals surface area (Å²) in [4.78, 5) is 60.2. The SMILES string of the molecule is C#Cc1cn([C@H]2O[C@@H](COC(C)=O)C(OC(C)=O)C2OC(C)=O)c(=O)[nH]c1=O. The summed E-state index contributed by atoms with van der Waals surface area (Å²) in [6.45, 7) is 3.08. The van der Waals surface area contributed by atoms with Crippen molar-refractivity contribution in [3.63, 3.8) is 0 Å². The number of aromatic amines is 1. The lowest BCUT2D eigenvalue weighted by Gasteiger charge is -2.23. The number of hydrogen-bond acceptors (Lipinski definition) is 9. The molecule has 150 valence electrons. The molecule has 11 nitrogen and oxygen atoms in total. The van der Waals surface area contributed by atoms with Gasteiger partial charge in [-0.3, -0.25) is 28.7 Å². The Morgan fingerprint density at radius 2 is 1.75 bits per heavy atom. The fraction of sp³-hybridized carbons (Fsp3) is 0.471. The third-order valence-corrected chi connectivity index (χ3v) is 3.74. The number of esters is 3. The molecule has 1 aliphatic rings. The minimum atomic E-state index is -1.30. The largest absolute Gasteiger partial charge is 0.463 e. The zero-order valence-corrected chi connectivity index (χ0v) is 15.3. The molecule has 0 amide bonds. The van der Waals surface area contributed by atoms with Crippen molar-refractivity contribution in [3.8, 4) is 12.3 Å². The number of nitrogens with one attached hydrogen (secondary N) is 1. The fourth-order valence-electron chi connectivity index (χ4n) is 2.69. The van der Waals surface area contributed by atoms with Crippen molar-refractivity contribution in [2.45, 2.75) is 45.3 Å². The maximum absolute atomic E-state index is 12.3. The molecule has 1 aromatic rings. The number of rotatable bonds is 5. The summed E-state index contributed by atoms with van der Waals surface area (Å²) in [6, 6.07) is 0. The Morgan fingerprint density at radius 1 is 1.14 bits per heavy atom. The average molecular weight is 394 g/mol. The van der Waals surface area contributed by atoms with Crippen molar-refractivity contribution < 1.29 is 33.3 Å². The Morgan fingerprint density at radius 3 is 2.29 bits per heavy atom. The molecule has 2 rings (SSSR count). The standard InChI is InChI=1S/C17H18N2O9/c1-5-11-6-19(17(24)18-15(11)23)16-14(27-10(4)22)13(26-9(3)21)12(28-16)7-25-8(2)20/h1,6,12-14,16H,7H2,2-4H3,(H,18,23,24)/t12-,13?,14?,16-/m0/s1. The molecule has 2 heterocycles. The molecular weight excluding hydrogens is 376 g/mol. The van der Waals surface area contributed by atoms with Crippen molar-refractivity contribution in [1.82, 2.24) is 9.55 Å². The van der Waals surface area contributed by atoms with Crippen molar-refractivity contribution in [2.75, 3.05) is 6.61 Å². The minimum Gasteiger partial charge on any atom is -0.463 e. The van der Waals surface area contributed by atoms with Crippen LogP contribution in [0.4, 0.5) is 0 Å². The molecule has 0 saturated carbocycles. The lowest BCUT2D eigenvalue weighted by molar-refractivity contribution is -0.166. The van der Waals surface area contributed by atoms with Gasteiger partial charge in [0.05, 0.1) is 0 Å². The molecule has 4 atom stereocenters. The van der Waals surface area contributed by atoms with Crippen molar-refractivity contribution >= 4 is 17.9 Å². The third-order valence-electron chi connectivity index (χ3n) is 3.74. The lowest BCUT2D eigenvalue weighted by Crippen LogP contribution is -2.42. The third kappa shape index (κ3) is 4.66. The molecule has 1 saturated heterocycles. The van der Waals surface area contributed by atoms with Crippen LogP contribution in [-0.4, -0.2) is 52.4 Å². The van der Waals surface area contributed by atoms with Gasteiger partial charge < -0.3 is 18.9 Å². The topological polar surface area (TPSA) is 143 Å². The minimum absolute atomic E-state index is 0.169. The van der Waals surface area contributed by atoms with Crippen molar-refractivity contribution in [2.24, 2.45) is 0 Å². The maximum atomic E-state index is 12.3. The molecule has 0 bridgehead atoms. The second kappa shape index (κ2) is 8.53. The smallest absolute Gasteiger partial charge is 0.330 e. The highest BCUT2D eigenvalue weighted by molar-refractivity contribution is 5.68. The highest BCUT2D eigenvalue weighted by Gasteiger charge is 2.51. The van der Waals surface area contributed by atoms with E-state index in [9.17, 15) is 24.0 Å². The Balaban J connectivity index is 2.51. The van der Waals surface area contributed by atoms with Crippen LogP contribution in [0.25, 0.3) is 0 Å². The van der Waals surface area contributed by atoms with Crippen LogP contribution in [0.1, 0.15) is 32.6 Å². The fourth-order valence-corrected chi connectivity index (χ4v) is 2.69. The molecular formula is C17H18N2O9. The van der Waals surface area contributed by atoms with Crippen molar-refractivity contribution in [1.29, 1.82) is 0 Å². The Labute approximate surface area is 158 Å². The van der Waals surface area contributed by atoms with Gasteiger partial charge in [0.25, 0.3) is 5.56 Å². The number of nitrogens with zero attached hydrogens (tertiary/aromatic N) is 1. The van der Waals surface area contributed by atoms with E-state index in [0.717, 1.165) is 24.6 Å². The van der Waals surface area contributed by atoms with Gasteiger partial charge in [0, 0.05) is 27.0 Å². The molecule has 2 unspecified atom stereocenters. The first-order chi connectivity index (χ1) is 13.1. The Bertz CT molecular complexity index is 939. The Kier molecular flexibility index (Phi) is 6.37. The van der Waals surface area contributed by atoms with Gasteiger partial charge in [-0.1, -0.05) is 5.92 Å². The maximum Gasteiger partial charge on any atom is 0.330 e. The van der Waals surface area contributed by atoms with Crippen LogP contribution in [0.15, 0.2) is 15.8 Å². The molecule has 28 heavy (non-hydrogen) atoms. The number of carbonyl (C=O) groups is 3. The zero-order chi connectivity index (χ0) is 21.0. The molecule has 1 fully saturated rings. The van der Waals surface area contributed by atoms with Gasteiger partial charge in [0.15, 0.2) is 18.4 Å². The molecule has 11 heteroatoms. The van der Waals surface area contributed by atoms with E-state index in [1.54, 1.807) is 0 Å². The second-order valence-electron chi connectivity index (χ2n) is 5.87. The number of ether oxygens (including phenoxy) is 4. The van der Waals surface area contributed by atoms with Crippen LogP contribution in [0, 0.1) is 12.3 Å². The van der Waals surface area contributed by atoms with E-state index < -0.39 is 53.7 Å². The molecule has 0 aromatic carbocycles. The van der Waals surface area contributed by atoms with E-state index >= 15 is 0 Å². The van der Waals surface area contributed by atoms with Crippen LogP contribution < -0.4 is 11.2 Å². The summed E-state index contributed by atoms with van der Waals surface area (Å²) in [7, 11) is 0. The normalized spacial score (nSPS) is 23.5. The number of aromatic nitrogens is 2. The van der Waals surface area contributed by atoms with Gasteiger partial charge in [0.2, 0.25) is 0 Å². The van der Waals surface area contributed by atoms with E-state index in [1.165, 1.54) is 6.92 Å². The number of terminal acetylenes is 1. The monoisotopic (exact) mass is 394 g/mol. The number of hydrogen-bond donors (Lipinski definition) is 1. The summed E-state index contributed by atoms with van der Waals surface area (Å²) in [5.74, 6) is 0.0498. The van der Waals surface area contributed by atoms with Crippen LogP contribution in [0.3, 0.4) is 0 Å². The lowest BCUT2D eigenvalue weighted by atomic mass is 10.1. The predicted molar refractivity (Wildman–Crippen MR) is 90.9 cm³/mol. The van der Waals surface area contributed by atoms with Gasteiger partial charge in [-0.15, -0.1) is 6.42 Å². The highest BCUT2D eigenvalue weighted by Crippen LogP contribution is 2.33. The van der Waals surface area contributed by atoms with Crippen LogP contribution in [0.5, 0.6) is 0 Å². The average Bonchev–Trinajstić information content (AvgIpc) is 2.89. The van der Waals surface area contributed by atoms with E-state index in [1.807, 2.05) is 4.98 Å². The summed E-state index contributed by atoms with van der Waals surface area (Å²) >= 11 is 0. The van der Waals surface area contributed by atoms with E-state index in [4.69, 9.17) is 25.4 Å². The van der Waals surface area contributed by atoms with Gasteiger partial charge >= 0.3 is 23.6 Å². The highest BCUT2D eigenvalue weighted by atomic mass is 16.7. The molecule has 1 N–H and O–H groups in total. The molecule has 1 aromatic heterocycles. The van der Waals surface area contributed by atoms with Gasteiger partial charge in [-0.25, -0.2) is 4.79 Å². The first-order valence-corrected chi connectivity index (χ1v) is 8.09. The number of H-pyrrole nitrogens is 1. The number of carbonyl (C=O) groups excluding carboxylic acids is 3. The molecule has 0 aliphatic carbocycles. The molecule has 1 aliphatic heterocycles. The van der Waals surface area contributed by atoms with E-state index in [-0.39, 0.29) is 12.2 Å². The molecule has 0 radical (unpaired) electrons. The summed E-state index contributed by atoms with van der Waals surface area (Å²) in [5.41, 5.74) is -1.84. The molecule has 0 spiro atoms.